The minimum Gasteiger partial charge on any atom is -0.337 e. The van der Waals surface area contributed by atoms with E-state index in [-0.39, 0.29) is 18.0 Å². The van der Waals surface area contributed by atoms with Crippen molar-refractivity contribution in [2.45, 2.75) is 38.8 Å². The Balaban J connectivity index is 1.43. The lowest BCUT2D eigenvalue weighted by molar-refractivity contribution is -0.134. The number of nitrogens with zero attached hydrogens (tertiary/aromatic N) is 1. The zero-order valence-electron chi connectivity index (χ0n) is 16.1. The highest BCUT2D eigenvalue weighted by molar-refractivity contribution is 6.00. The van der Waals surface area contributed by atoms with E-state index in [0.717, 1.165) is 53.9 Å². The van der Waals surface area contributed by atoms with Gasteiger partial charge in [0.05, 0.1) is 6.04 Å². The van der Waals surface area contributed by atoms with Gasteiger partial charge < -0.3 is 20.9 Å². The van der Waals surface area contributed by atoms with E-state index in [9.17, 15) is 9.59 Å². The Morgan fingerprint density at radius 2 is 1.93 bits per heavy atom. The molecule has 2 aromatic rings. The van der Waals surface area contributed by atoms with Gasteiger partial charge in [0.25, 0.3) is 0 Å². The zero-order valence-corrected chi connectivity index (χ0v) is 16.1. The van der Waals surface area contributed by atoms with Crippen LogP contribution < -0.4 is 16.0 Å². The average Bonchev–Trinajstić information content (AvgIpc) is 3.24. The molecule has 1 unspecified atom stereocenters. The molecule has 0 aliphatic carbocycles. The molecule has 0 spiro atoms. The molecule has 3 N–H and O–H groups in total. The lowest BCUT2D eigenvalue weighted by Crippen LogP contribution is -2.45. The maximum atomic E-state index is 12.7. The smallest absolute Gasteiger partial charge is 0.323 e. The Labute approximate surface area is 165 Å². The van der Waals surface area contributed by atoms with E-state index in [4.69, 9.17) is 0 Å². The minimum atomic E-state index is -0.258. The van der Waals surface area contributed by atoms with E-state index < -0.39 is 0 Å². The number of carbonyl (C=O) groups excluding carboxylic acids is 2. The third kappa shape index (κ3) is 4.02. The van der Waals surface area contributed by atoms with Crippen molar-refractivity contribution in [1.29, 1.82) is 0 Å². The molecule has 1 fully saturated rings. The highest BCUT2D eigenvalue weighted by atomic mass is 16.2. The summed E-state index contributed by atoms with van der Waals surface area (Å²) in [6.45, 7) is 4.21. The van der Waals surface area contributed by atoms with Gasteiger partial charge in [-0.15, -0.1) is 0 Å². The first kappa shape index (κ1) is 18.5. The number of hydrogen-bond donors (Lipinski definition) is 3. The molecule has 1 atom stereocenters. The number of nitrogens with one attached hydrogen (secondary N) is 3. The lowest BCUT2D eigenvalue weighted by Gasteiger charge is -2.32. The van der Waals surface area contributed by atoms with Gasteiger partial charge in [-0.3, -0.25) is 4.79 Å². The Bertz CT molecular complexity index is 873. The molecular formula is C22H26N4O2. The van der Waals surface area contributed by atoms with Crippen molar-refractivity contribution >= 4 is 23.3 Å². The van der Waals surface area contributed by atoms with Gasteiger partial charge in [-0.25, -0.2) is 4.79 Å². The van der Waals surface area contributed by atoms with Gasteiger partial charge in [-0.1, -0.05) is 29.8 Å². The normalized spacial score (nSPS) is 18.5. The van der Waals surface area contributed by atoms with Crippen molar-refractivity contribution in [3.63, 3.8) is 0 Å². The van der Waals surface area contributed by atoms with Crippen molar-refractivity contribution in [3.8, 4) is 0 Å². The van der Waals surface area contributed by atoms with E-state index >= 15 is 0 Å². The van der Waals surface area contributed by atoms with Gasteiger partial charge in [-0.2, -0.15) is 0 Å². The van der Waals surface area contributed by atoms with E-state index in [2.05, 4.69) is 16.0 Å². The van der Waals surface area contributed by atoms with Crippen LogP contribution in [0.3, 0.4) is 0 Å². The topological polar surface area (TPSA) is 73.5 Å². The molecule has 0 aromatic heterocycles. The molecule has 0 radical (unpaired) electrons. The third-order valence-corrected chi connectivity index (χ3v) is 5.49. The van der Waals surface area contributed by atoms with Gasteiger partial charge in [0.1, 0.15) is 0 Å². The number of benzene rings is 2. The predicted octanol–water partition coefficient (Wildman–Crippen LogP) is 3.28. The zero-order chi connectivity index (χ0) is 19.5. The quantitative estimate of drug-likeness (QED) is 0.767. The van der Waals surface area contributed by atoms with Crippen LogP contribution in [0.1, 0.15) is 29.5 Å². The van der Waals surface area contributed by atoms with Crippen LogP contribution in [0.15, 0.2) is 42.5 Å². The SMILES string of the molecule is Cc1ccc(NC(=O)Nc2cccc3c2CCN(C(=O)C2CCCN2)C3)cc1. The van der Waals surface area contributed by atoms with Crippen molar-refractivity contribution in [1.82, 2.24) is 10.2 Å². The first-order valence-electron chi connectivity index (χ1n) is 9.88. The highest BCUT2D eigenvalue weighted by Gasteiger charge is 2.29. The molecule has 3 amide bonds. The van der Waals surface area contributed by atoms with Crippen LogP contribution in [0.25, 0.3) is 0 Å². The largest absolute Gasteiger partial charge is 0.337 e. The van der Waals surface area contributed by atoms with Crippen molar-refractivity contribution in [3.05, 3.63) is 59.2 Å². The van der Waals surface area contributed by atoms with Gasteiger partial charge in [-0.05, 0) is 62.1 Å². The summed E-state index contributed by atoms with van der Waals surface area (Å²) in [5.41, 5.74) is 4.94. The fourth-order valence-electron chi connectivity index (χ4n) is 3.95. The number of rotatable bonds is 3. The Kier molecular flexibility index (Phi) is 5.30. The first-order chi connectivity index (χ1) is 13.6. The molecule has 6 heteroatoms. The number of carbonyl (C=O) groups is 2. The molecule has 0 saturated carbocycles. The Morgan fingerprint density at radius 3 is 2.68 bits per heavy atom. The van der Waals surface area contributed by atoms with Crippen LogP contribution in [-0.2, 0) is 17.8 Å². The lowest BCUT2D eigenvalue weighted by atomic mass is 9.97. The molecule has 1 saturated heterocycles. The predicted molar refractivity (Wildman–Crippen MR) is 110 cm³/mol. The summed E-state index contributed by atoms with van der Waals surface area (Å²) in [4.78, 5) is 27.0. The van der Waals surface area contributed by atoms with E-state index in [1.165, 1.54) is 0 Å². The van der Waals surface area contributed by atoms with Gasteiger partial charge >= 0.3 is 6.03 Å². The molecule has 0 bridgehead atoms. The summed E-state index contributed by atoms with van der Waals surface area (Å²) in [6, 6.07) is 13.3. The van der Waals surface area contributed by atoms with Crippen molar-refractivity contribution < 1.29 is 9.59 Å². The summed E-state index contributed by atoms with van der Waals surface area (Å²) in [7, 11) is 0. The molecule has 4 rings (SSSR count). The second-order valence-corrected chi connectivity index (χ2v) is 7.55. The average molecular weight is 378 g/mol. The number of aryl methyl sites for hydroxylation is 1. The number of urea groups is 1. The molecule has 2 heterocycles. The van der Waals surface area contributed by atoms with Crippen LogP contribution in [0.2, 0.25) is 0 Å². The third-order valence-electron chi connectivity index (χ3n) is 5.49. The molecule has 2 aromatic carbocycles. The van der Waals surface area contributed by atoms with Crippen molar-refractivity contribution in [2.75, 3.05) is 23.7 Å². The molecular weight excluding hydrogens is 352 g/mol. The van der Waals surface area contributed by atoms with Crippen LogP contribution >= 0.6 is 0 Å². The molecule has 6 nitrogen and oxygen atoms in total. The second-order valence-electron chi connectivity index (χ2n) is 7.55. The molecule has 28 heavy (non-hydrogen) atoms. The van der Waals surface area contributed by atoms with Crippen LogP contribution in [-0.4, -0.2) is 36.0 Å². The second kappa shape index (κ2) is 8.02. The van der Waals surface area contributed by atoms with Crippen LogP contribution in [0.4, 0.5) is 16.2 Å². The molecule has 146 valence electrons. The fraction of sp³-hybridized carbons (Fsp3) is 0.364. The summed E-state index contributed by atoms with van der Waals surface area (Å²) < 4.78 is 0. The van der Waals surface area contributed by atoms with Crippen LogP contribution in [0, 0.1) is 6.92 Å². The van der Waals surface area contributed by atoms with E-state index in [1.807, 2.05) is 54.3 Å². The number of hydrogen-bond acceptors (Lipinski definition) is 3. The highest BCUT2D eigenvalue weighted by Crippen LogP contribution is 2.27. The Hall–Kier alpha value is -2.86. The Morgan fingerprint density at radius 1 is 1.11 bits per heavy atom. The van der Waals surface area contributed by atoms with E-state index in [1.54, 1.807) is 0 Å². The summed E-state index contributed by atoms with van der Waals surface area (Å²) in [6.07, 6.45) is 2.72. The number of amides is 3. The van der Waals surface area contributed by atoms with Crippen molar-refractivity contribution in [2.24, 2.45) is 0 Å². The summed E-state index contributed by atoms with van der Waals surface area (Å²) in [5.74, 6) is 0.193. The minimum absolute atomic E-state index is 0.0388. The summed E-state index contributed by atoms with van der Waals surface area (Å²) in [5, 5.41) is 9.12. The van der Waals surface area contributed by atoms with E-state index in [0.29, 0.717) is 13.1 Å². The maximum absolute atomic E-state index is 12.7. The van der Waals surface area contributed by atoms with Gasteiger partial charge in [0, 0.05) is 24.5 Å². The number of anilines is 2. The van der Waals surface area contributed by atoms with Gasteiger partial charge in [0.2, 0.25) is 5.91 Å². The van der Waals surface area contributed by atoms with Crippen LogP contribution in [0.5, 0.6) is 0 Å². The molecule has 2 aliphatic heterocycles. The fourth-order valence-corrected chi connectivity index (χ4v) is 3.95. The van der Waals surface area contributed by atoms with Gasteiger partial charge in [0.15, 0.2) is 0 Å². The number of fused-ring (bicyclic) bond motifs is 1. The summed E-state index contributed by atoms with van der Waals surface area (Å²) >= 11 is 0. The first-order valence-corrected chi connectivity index (χ1v) is 9.88. The maximum Gasteiger partial charge on any atom is 0.323 e. The monoisotopic (exact) mass is 378 g/mol. The standard InChI is InChI=1S/C22H26N4O2/c1-15-7-9-17(10-8-15)24-22(28)25-19-5-2-4-16-14-26(13-11-18(16)19)21(27)20-6-3-12-23-20/h2,4-5,7-10,20,23H,3,6,11-14H2,1H3,(H2,24,25,28). The molecule has 2 aliphatic rings.